The van der Waals surface area contributed by atoms with Gasteiger partial charge >= 0.3 is 0 Å². The van der Waals surface area contributed by atoms with E-state index in [1.165, 1.54) is 0 Å². The molecule has 0 radical (unpaired) electrons. The molecule has 1 heterocycles. The molecule has 0 saturated heterocycles. The Morgan fingerprint density at radius 2 is 2.05 bits per heavy atom. The molecule has 1 N–H and O–H groups in total. The van der Waals surface area contributed by atoms with Crippen molar-refractivity contribution in [3.8, 4) is 11.5 Å². The fraction of sp³-hybridized carbons (Fsp3) is 0.312. The molecular formula is C16H19BrN2O. The topological polar surface area (TPSA) is 34.1 Å². The number of halogens is 1. The Kier molecular flexibility index (Phi) is 5.15. The van der Waals surface area contributed by atoms with Gasteiger partial charge in [0.05, 0.1) is 6.20 Å². The van der Waals surface area contributed by atoms with Gasteiger partial charge in [0.2, 0.25) is 0 Å². The third-order valence-corrected chi connectivity index (χ3v) is 3.34. The largest absolute Gasteiger partial charge is 0.455 e. The summed E-state index contributed by atoms with van der Waals surface area (Å²) in [7, 11) is 0. The maximum Gasteiger partial charge on any atom is 0.145 e. The number of benzene rings is 1. The summed E-state index contributed by atoms with van der Waals surface area (Å²) in [5.74, 6) is 1.60. The number of nitrogens with zero attached hydrogens (tertiary/aromatic N) is 1. The summed E-state index contributed by atoms with van der Waals surface area (Å²) in [6, 6.07) is 10.4. The fourth-order valence-corrected chi connectivity index (χ4v) is 2.07. The van der Waals surface area contributed by atoms with Gasteiger partial charge in [-0.05, 0) is 31.2 Å². The van der Waals surface area contributed by atoms with Gasteiger partial charge in [-0.15, -0.1) is 0 Å². The number of pyridine rings is 1. The lowest BCUT2D eigenvalue weighted by atomic mass is 10.2. The highest BCUT2D eigenvalue weighted by atomic mass is 79.9. The summed E-state index contributed by atoms with van der Waals surface area (Å²) in [5.41, 5.74) is 2.11. The molecule has 0 unspecified atom stereocenters. The summed E-state index contributed by atoms with van der Waals surface area (Å²) in [4.78, 5) is 4.25. The zero-order valence-electron chi connectivity index (χ0n) is 12.0. The summed E-state index contributed by atoms with van der Waals surface area (Å²) in [6.45, 7) is 6.99. The quantitative estimate of drug-likeness (QED) is 0.877. The number of rotatable bonds is 5. The van der Waals surface area contributed by atoms with Crippen LogP contribution in [-0.4, -0.2) is 11.0 Å². The van der Waals surface area contributed by atoms with Gasteiger partial charge in [0.1, 0.15) is 11.5 Å². The van der Waals surface area contributed by atoms with Crippen LogP contribution in [0.3, 0.4) is 0 Å². The van der Waals surface area contributed by atoms with E-state index >= 15 is 0 Å². The Morgan fingerprint density at radius 3 is 2.70 bits per heavy atom. The monoisotopic (exact) mass is 334 g/mol. The Hall–Kier alpha value is -1.39. The van der Waals surface area contributed by atoms with Crippen molar-refractivity contribution in [2.45, 2.75) is 33.4 Å². The van der Waals surface area contributed by atoms with Gasteiger partial charge in [-0.3, -0.25) is 4.98 Å². The maximum absolute atomic E-state index is 5.95. The average molecular weight is 335 g/mol. The molecule has 0 aliphatic carbocycles. The van der Waals surface area contributed by atoms with E-state index in [-0.39, 0.29) is 0 Å². The molecule has 106 valence electrons. The lowest BCUT2D eigenvalue weighted by molar-refractivity contribution is 0.467. The molecule has 0 spiro atoms. The second kappa shape index (κ2) is 6.86. The van der Waals surface area contributed by atoms with Crippen LogP contribution in [0.15, 0.2) is 41.0 Å². The van der Waals surface area contributed by atoms with Crippen LogP contribution in [0.2, 0.25) is 0 Å². The van der Waals surface area contributed by atoms with E-state index in [0.29, 0.717) is 6.04 Å². The molecule has 0 aliphatic rings. The maximum atomic E-state index is 5.95. The van der Waals surface area contributed by atoms with E-state index in [1.54, 1.807) is 6.20 Å². The van der Waals surface area contributed by atoms with Crippen molar-refractivity contribution in [3.63, 3.8) is 0 Å². The van der Waals surface area contributed by atoms with Gasteiger partial charge in [0.15, 0.2) is 0 Å². The Labute approximate surface area is 128 Å². The molecule has 4 heteroatoms. The minimum absolute atomic E-state index is 0.438. The number of ether oxygens (including phenoxy) is 1. The standard InChI is InChI=1S/C16H19BrN2O/c1-11(2)18-9-13-5-6-14(17)8-16(13)20-15-7-4-12(3)19-10-15/h4-8,10-11,18H,9H2,1-3H3. The van der Waals surface area contributed by atoms with Crippen LogP contribution in [0.4, 0.5) is 0 Å². The third kappa shape index (κ3) is 4.32. The van der Waals surface area contributed by atoms with Gasteiger partial charge in [-0.25, -0.2) is 0 Å². The van der Waals surface area contributed by atoms with E-state index in [9.17, 15) is 0 Å². The van der Waals surface area contributed by atoms with Gasteiger partial charge in [-0.1, -0.05) is 35.8 Å². The molecule has 1 aromatic heterocycles. The van der Waals surface area contributed by atoms with Crippen molar-refractivity contribution in [1.29, 1.82) is 0 Å². The molecular weight excluding hydrogens is 316 g/mol. The van der Waals surface area contributed by atoms with Crippen molar-refractivity contribution in [2.24, 2.45) is 0 Å². The van der Waals surface area contributed by atoms with Crippen LogP contribution in [0.25, 0.3) is 0 Å². The second-order valence-corrected chi connectivity index (χ2v) is 5.94. The van der Waals surface area contributed by atoms with Crippen LogP contribution in [0, 0.1) is 6.92 Å². The molecule has 20 heavy (non-hydrogen) atoms. The second-order valence-electron chi connectivity index (χ2n) is 5.02. The molecule has 0 amide bonds. The average Bonchev–Trinajstić information content (AvgIpc) is 2.40. The van der Waals surface area contributed by atoms with Crippen molar-refractivity contribution in [1.82, 2.24) is 10.3 Å². The van der Waals surface area contributed by atoms with Crippen LogP contribution in [0.1, 0.15) is 25.1 Å². The molecule has 0 aliphatic heterocycles. The van der Waals surface area contributed by atoms with Gasteiger partial charge in [0, 0.05) is 28.3 Å². The highest BCUT2D eigenvalue weighted by Crippen LogP contribution is 2.28. The van der Waals surface area contributed by atoms with Crippen LogP contribution < -0.4 is 10.1 Å². The zero-order valence-corrected chi connectivity index (χ0v) is 13.6. The first-order chi connectivity index (χ1) is 9.54. The summed E-state index contributed by atoms with van der Waals surface area (Å²) >= 11 is 3.49. The number of hydrogen-bond donors (Lipinski definition) is 1. The van der Waals surface area contributed by atoms with E-state index < -0.39 is 0 Å². The number of hydrogen-bond acceptors (Lipinski definition) is 3. The van der Waals surface area contributed by atoms with Crippen LogP contribution in [0.5, 0.6) is 11.5 Å². The number of aryl methyl sites for hydroxylation is 1. The molecule has 0 fully saturated rings. The third-order valence-electron chi connectivity index (χ3n) is 2.84. The van der Waals surface area contributed by atoms with Crippen molar-refractivity contribution >= 4 is 15.9 Å². The van der Waals surface area contributed by atoms with Gasteiger partial charge in [0.25, 0.3) is 0 Å². The first-order valence-electron chi connectivity index (χ1n) is 6.67. The molecule has 2 rings (SSSR count). The minimum Gasteiger partial charge on any atom is -0.455 e. The van der Waals surface area contributed by atoms with E-state index in [1.807, 2.05) is 31.2 Å². The first kappa shape index (κ1) is 15.0. The highest BCUT2D eigenvalue weighted by molar-refractivity contribution is 9.10. The smallest absolute Gasteiger partial charge is 0.145 e. The Bertz CT molecular complexity index is 567. The Balaban J connectivity index is 2.20. The lowest BCUT2D eigenvalue weighted by Crippen LogP contribution is -2.22. The number of nitrogens with one attached hydrogen (secondary N) is 1. The fourth-order valence-electron chi connectivity index (χ4n) is 1.73. The lowest BCUT2D eigenvalue weighted by Gasteiger charge is -2.14. The molecule has 3 nitrogen and oxygen atoms in total. The Morgan fingerprint density at radius 1 is 1.25 bits per heavy atom. The normalized spacial score (nSPS) is 10.8. The molecule has 2 aromatic rings. The first-order valence-corrected chi connectivity index (χ1v) is 7.46. The van der Waals surface area contributed by atoms with Crippen molar-refractivity contribution in [2.75, 3.05) is 0 Å². The van der Waals surface area contributed by atoms with E-state index in [0.717, 1.165) is 33.8 Å². The number of aromatic nitrogens is 1. The predicted octanol–water partition coefficient (Wildman–Crippen LogP) is 4.44. The summed E-state index contributed by atoms with van der Waals surface area (Å²) in [5, 5.41) is 3.41. The summed E-state index contributed by atoms with van der Waals surface area (Å²) < 4.78 is 6.95. The van der Waals surface area contributed by atoms with E-state index in [4.69, 9.17) is 4.74 Å². The van der Waals surface area contributed by atoms with Gasteiger partial charge in [-0.2, -0.15) is 0 Å². The predicted molar refractivity (Wildman–Crippen MR) is 85.2 cm³/mol. The summed E-state index contributed by atoms with van der Waals surface area (Å²) in [6.07, 6.45) is 1.75. The minimum atomic E-state index is 0.438. The zero-order chi connectivity index (χ0) is 14.5. The molecule has 0 bridgehead atoms. The van der Waals surface area contributed by atoms with Crippen molar-refractivity contribution < 1.29 is 4.74 Å². The van der Waals surface area contributed by atoms with E-state index in [2.05, 4.69) is 46.1 Å². The highest BCUT2D eigenvalue weighted by Gasteiger charge is 2.07. The molecule has 0 atom stereocenters. The van der Waals surface area contributed by atoms with Crippen molar-refractivity contribution in [3.05, 3.63) is 52.3 Å². The SMILES string of the molecule is Cc1ccc(Oc2cc(Br)ccc2CNC(C)C)cn1. The van der Waals surface area contributed by atoms with Crippen LogP contribution in [-0.2, 0) is 6.54 Å². The molecule has 1 aromatic carbocycles. The van der Waals surface area contributed by atoms with Crippen LogP contribution >= 0.6 is 15.9 Å². The molecule has 0 saturated carbocycles. The van der Waals surface area contributed by atoms with Gasteiger partial charge < -0.3 is 10.1 Å².